The molecule has 0 aromatic heterocycles. The van der Waals surface area contributed by atoms with Crippen molar-refractivity contribution in [3.63, 3.8) is 0 Å². The van der Waals surface area contributed by atoms with E-state index in [1.54, 1.807) is 12.1 Å². The van der Waals surface area contributed by atoms with E-state index in [1.165, 1.54) is 0 Å². The van der Waals surface area contributed by atoms with Crippen LogP contribution in [0.2, 0.25) is 0 Å². The predicted octanol–water partition coefficient (Wildman–Crippen LogP) is 3.46. The second kappa shape index (κ2) is 8.83. The molecule has 3 N–H and O–H groups in total. The lowest BCUT2D eigenvalue weighted by atomic mass is 9.88. The molecule has 1 fully saturated rings. The topological polar surface area (TPSA) is 70.2 Å². The third-order valence-electron chi connectivity index (χ3n) is 4.81. The average Bonchev–Trinajstić information content (AvgIpc) is 2.57. The zero-order valence-corrected chi connectivity index (χ0v) is 15.7. The fourth-order valence-corrected chi connectivity index (χ4v) is 2.82. The molecule has 138 valence electrons. The highest BCUT2D eigenvalue weighted by molar-refractivity contribution is 6.05. The highest BCUT2D eigenvalue weighted by atomic mass is 35.5. The molecule has 2 amide bonds. The van der Waals surface area contributed by atoms with Gasteiger partial charge in [-0.2, -0.15) is 0 Å². The maximum absolute atomic E-state index is 12.4. The van der Waals surface area contributed by atoms with Crippen molar-refractivity contribution in [1.82, 2.24) is 5.32 Å². The molecule has 26 heavy (non-hydrogen) atoms. The molecule has 2 aromatic carbocycles. The first-order valence-corrected chi connectivity index (χ1v) is 8.54. The van der Waals surface area contributed by atoms with Gasteiger partial charge in [-0.05, 0) is 55.8 Å². The summed E-state index contributed by atoms with van der Waals surface area (Å²) < 4.78 is 0. The molecule has 6 heteroatoms. The van der Waals surface area contributed by atoms with Crippen LogP contribution in [0, 0.1) is 18.8 Å². The van der Waals surface area contributed by atoms with Crippen LogP contribution in [0.25, 0.3) is 0 Å². The number of amides is 2. The average molecular weight is 374 g/mol. The van der Waals surface area contributed by atoms with E-state index in [0.29, 0.717) is 17.2 Å². The van der Waals surface area contributed by atoms with Gasteiger partial charge in [0, 0.05) is 22.9 Å². The first-order chi connectivity index (χ1) is 12.1. The third kappa shape index (κ3) is 4.42. The van der Waals surface area contributed by atoms with Crippen molar-refractivity contribution in [1.29, 1.82) is 0 Å². The summed E-state index contributed by atoms with van der Waals surface area (Å²) in [4.78, 5) is 24.8. The molecule has 0 bridgehead atoms. The van der Waals surface area contributed by atoms with Crippen LogP contribution in [-0.4, -0.2) is 24.9 Å². The second-order valence-corrected chi connectivity index (χ2v) is 6.49. The molecule has 1 unspecified atom stereocenters. The minimum absolute atomic E-state index is 0. The Labute approximate surface area is 160 Å². The van der Waals surface area contributed by atoms with E-state index in [0.717, 1.165) is 24.3 Å². The van der Waals surface area contributed by atoms with E-state index >= 15 is 0 Å². The Balaban J connectivity index is 0.00000243. The standard InChI is InChI=1S/C20H23N3O2.ClH/c1-13(16-11-21-12-16)19(24)22-17-9-6-10-18(14(17)2)23-20(25)15-7-4-3-5-8-15;/h3-10,13,16,21H,11-12H2,1-2H3,(H,22,24)(H,23,25);1H. The first-order valence-electron chi connectivity index (χ1n) is 8.54. The van der Waals surface area contributed by atoms with E-state index in [-0.39, 0.29) is 30.1 Å². The highest BCUT2D eigenvalue weighted by Gasteiger charge is 2.28. The van der Waals surface area contributed by atoms with Crippen LogP contribution >= 0.6 is 12.4 Å². The summed E-state index contributed by atoms with van der Waals surface area (Å²) in [6.07, 6.45) is 0. The molecule has 0 aliphatic carbocycles. The summed E-state index contributed by atoms with van der Waals surface area (Å²) >= 11 is 0. The second-order valence-electron chi connectivity index (χ2n) is 6.49. The fraction of sp³-hybridized carbons (Fsp3) is 0.300. The Hall–Kier alpha value is -2.37. The Morgan fingerprint density at radius 3 is 2.19 bits per heavy atom. The van der Waals surface area contributed by atoms with Crippen molar-refractivity contribution in [3.8, 4) is 0 Å². The largest absolute Gasteiger partial charge is 0.326 e. The van der Waals surface area contributed by atoms with E-state index < -0.39 is 0 Å². The van der Waals surface area contributed by atoms with Crippen molar-refractivity contribution >= 4 is 35.6 Å². The first kappa shape index (κ1) is 19.9. The quantitative estimate of drug-likeness (QED) is 0.751. The minimum atomic E-state index is -0.166. The van der Waals surface area contributed by atoms with Crippen LogP contribution < -0.4 is 16.0 Å². The number of carbonyl (C=O) groups is 2. The van der Waals surface area contributed by atoms with Crippen molar-refractivity contribution in [2.45, 2.75) is 13.8 Å². The number of benzene rings is 2. The van der Waals surface area contributed by atoms with Gasteiger partial charge in [0.2, 0.25) is 5.91 Å². The summed E-state index contributed by atoms with van der Waals surface area (Å²) in [6, 6.07) is 14.6. The lowest BCUT2D eigenvalue weighted by molar-refractivity contribution is -0.121. The van der Waals surface area contributed by atoms with Gasteiger partial charge in [-0.3, -0.25) is 9.59 Å². The van der Waals surface area contributed by atoms with Gasteiger partial charge >= 0.3 is 0 Å². The predicted molar refractivity (Wildman–Crippen MR) is 107 cm³/mol. The number of hydrogen-bond acceptors (Lipinski definition) is 3. The van der Waals surface area contributed by atoms with Gasteiger partial charge in [0.25, 0.3) is 5.91 Å². The third-order valence-corrected chi connectivity index (χ3v) is 4.81. The SMILES string of the molecule is Cc1c(NC(=O)c2ccccc2)cccc1NC(=O)C(C)C1CNC1.Cl. The van der Waals surface area contributed by atoms with Crippen molar-refractivity contribution < 1.29 is 9.59 Å². The Bertz CT molecular complexity index is 776. The summed E-state index contributed by atoms with van der Waals surface area (Å²) in [5.74, 6) is 0.201. The summed E-state index contributed by atoms with van der Waals surface area (Å²) in [5.41, 5.74) is 2.88. The van der Waals surface area contributed by atoms with Gasteiger partial charge in [-0.15, -0.1) is 12.4 Å². The van der Waals surface area contributed by atoms with E-state index in [2.05, 4.69) is 16.0 Å². The Morgan fingerprint density at radius 2 is 1.62 bits per heavy atom. The Morgan fingerprint density at radius 1 is 1.00 bits per heavy atom. The van der Waals surface area contributed by atoms with Crippen LogP contribution in [0.4, 0.5) is 11.4 Å². The molecule has 1 aliphatic rings. The van der Waals surface area contributed by atoms with Crippen LogP contribution in [0.1, 0.15) is 22.8 Å². The van der Waals surface area contributed by atoms with Crippen molar-refractivity contribution in [2.24, 2.45) is 11.8 Å². The van der Waals surface area contributed by atoms with Crippen LogP contribution in [0.3, 0.4) is 0 Å². The molecule has 2 aromatic rings. The number of nitrogens with one attached hydrogen (secondary N) is 3. The summed E-state index contributed by atoms with van der Waals surface area (Å²) in [7, 11) is 0. The molecular weight excluding hydrogens is 350 g/mol. The highest BCUT2D eigenvalue weighted by Crippen LogP contribution is 2.25. The smallest absolute Gasteiger partial charge is 0.255 e. The molecule has 1 saturated heterocycles. The van der Waals surface area contributed by atoms with Crippen LogP contribution in [0.15, 0.2) is 48.5 Å². The van der Waals surface area contributed by atoms with Gasteiger partial charge < -0.3 is 16.0 Å². The number of anilines is 2. The van der Waals surface area contributed by atoms with Gasteiger partial charge in [0.05, 0.1) is 0 Å². The normalized spacial score (nSPS) is 14.5. The lowest BCUT2D eigenvalue weighted by Gasteiger charge is -2.31. The Kier molecular flexibility index (Phi) is 6.77. The molecule has 1 heterocycles. The van der Waals surface area contributed by atoms with E-state index in [9.17, 15) is 9.59 Å². The van der Waals surface area contributed by atoms with Gasteiger partial charge in [0.15, 0.2) is 0 Å². The van der Waals surface area contributed by atoms with Crippen LogP contribution in [0.5, 0.6) is 0 Å². The molecule has 3 rings (SSSR count). The van der Waals surface area contributed by atoms with Crippen molar-refractivity contribution in [3.05, 3.63) is 59.7 Å². The molecule has 1 atom stereocenters. The van der Waals surface area contributed by atoms with Gasteiger partial charge in [-0.1, -0.05) is 31.2 Å². The maximum atomic E-state index is 12.4. The monoisotopic (exact) mass is 373 g/mol. The maximum Gasteiger partial charge on any atom is 0.255 e. The lowest BCUT2D eigenvalue weighted by Crippen LogP contribution is -2.48. The van der Waals surface area contributed by atoms with E-state index in [1.807, 2.05) is 50.2 Å². The molecule has 0 radical (unpaired) electrons. The van der Waals surface area contributed by atoms with Crippen molar-refractivity contribution in [2.75, 3.05) is 23.7 Å². The number of hydrogen-bond donors (Lipinski definition) is 3. The van der Waals surface area contributed by atoms with Gasteiger partial charge in [-0.25, -0.2) is 0 Å². The number of carbonyl (C=O) groups excluding carboxylic acids is 2. The van der Waals surface area contributed by atoms with Crippen LogP contribution in [-0.2, 0) is 4.79 Å². The minimum Gasteiger partial charge on any atom is -0.326 e. The number of rotatable bonds is 5. The van der Waals surface area contributed by atoms with Gasteiger partial charge in [0.1, 0.15) is 0 Å². The number of halogens is 1. The molecule has 0 spiro atoms. The molecule has 0 saturated carbocycles. The fourth-order valence-electron chi connectivity index (χ4n) is 2.82. The molecule has 1 aliphatic heterocycles. The zero-order chi connectivity index (χ0) is 17.8. The summed E-state index contributed by atoms with van der Waals surface area (Å²) in [6.45, 7) is 5.63. The summed E-state index contributed by atoms with van der Waals surface area (Å²) in [5, 5.41) is 9.10. The zero-order valence-electron chi connectivity index (χ0n) is 14.9. The van der Waals surface area contributed by atoms with E-state index in [4.69, 9.17) is 0 Å². The molecular formula is C20H24ClN3O2. The molecule has 5 nitrogen and oxygen atoms in total.